The fourth-order valence-electron chi connectivity index (χ4n) is 4.95. The zero-order valence-electron chi connectivity index (χ0n) is 18.4. The number of amides is 1. The predicted octanol–water partition coefficient (Wildman–Crippen LogP) is 5.67. The van der Waals surface area contributed by atoms with Crippen molar-refractivity contribution < 1.29 is 14.3 Å². The summed E-state index contributed by atoms with van der Waals surface area (Å²) in [4.78, 5) is 27.3. The summed E-state index contributed by atoms with van der Waals surface area (Å²) in [6.07, 6.45) is 1.99. The Labute approximate surface area is 213 Å². The second-order valence-corrected chi connectivity index (χ2v) is 10.3. The van der Waals surface area contributed by atoms with Crippen molar-refractivity contribution in [3.63, 3.8) is 0 Å². The van der Waals surface area contributed by atoms with Crippen LogP contribution in [0, 0.1) is 0 Å². The van der Waals surface area contributed by atoms with E-state index in [0.29, 0.717) is 16.6 Å². The van der Waals surface area contributed by atoms with Gasteiger partial charge in [-0.3, -0.25) is 13.9 Å². The van der Waals surface area contributed by atoms with E-state index in [9.17, 15) is 9.59 Å². The first kappa shape index (κ1) is 23.4. The number of carbonyl (C=O) groups is 2. The molecule has 0 spiro atoms. The molecule has 8 heteroatoms. The van der Waals surface area contributed by atoms with Crippen LogP contribution in [0.25, 0.3) is 0 Å². The predicted molar refractivity (Wildman–Crippen MR) is 139 cm³/mol. The molecule has 3 aromatic rings. The average molecular weight is 513 g/mol. The Morgan fingerprint density at radius 2 is 1.85 bits per heavy atom. The summed E-state index contributed by atoms with van der Waals surface area (Å²) in [7, 11) is 0. The van der Waals surface area contributed by atoms with Crippen LogP contribution in [0.1, 0.15) is 41.9 Å². The summed E-state index contributed by atoms with van der Waals surface area (Å²) in [5.41, 5.74) is 2.18. The van der Waals surface area contributed by atoms with E-state index < -0.39 is 11.5 Å². The van der Waals surface area contributed by atoms with Gasteiger partial charge in [0, 0.05) is 36.4 Å². The Bertz CT molecular complexity index is 1200. The van der Waals surface area contributed by atoms with E-state index in [-0.39, 0.29) is 18.1 Å². The number of hydrogen-bond donors (Lipinski definition) is 2. The van der Waals surface area contributed by atoms with Gasteiger partial charge in [0.25, 0.3) is 0 Å². The largest absolute Gasteiger partial charge is 0.382 e. The number of thiophene rings is 1. The van der Waals surface area contributed by atoms with Crippen LogP contribution in [0.5, 0.6) is 0 Å². The van der Waals surface area contributed by atoms with Gasteiger partial charge in [0.15, 0.2) is 5.78 Å². The van der Waals surface area contributed by atoms with Crippen LogP contribution >= 0.6 is 35.8 Å². The van der Waals surface area contributed by atoms with Gasteiger partial charge in [-0.25, -0.2) is 0 Å². The molecule has 1 N–H and O–H groups in total. The molecule has 5 nitrogen and oxygen atoms in total. The first-order valence-electron chi connectivity index (χ1n) is 11.3. The number of benzene rings is 2. The molecule has 1 amide bonds. The summed E-state index contributed by atoms with van der Waals surface area (Å²) in [5.74, 6) is -1.51. The van der Waals surface area contributed by atoms with Crippen LogP contribution < -0.4 is 5.32 Å². The zero-order valence-corrected chi connectivity index (χ0v) is 20.9. The van der Waals surface area contributed by atoms with Gasteiger partial charge >= 0.3 is 0 Å². The highest BCUT2D eigenvalue weighted by atomic mass is 35.5. The van der Waals surface area contributed by atoms with Crippen LogP contribution in [0.3, 0.4) is 0 Å². The number of nitrogens with zero attached hydrogens (tertiary/aromatic N) is 1. The SMILES string of the molecule is O=C1CC(c2ccsc2)(c2cccc(NC3CCOCC3)c2)N(S)C(=O)C1c1ccccc1Cl. The molecule has 176 valence electrons. The lowest BCUT2D eigenvalue weighted by Crippen LogP contribution is -2.54. The monoisotopic (exact) mass is 512 g/mol. The van der Waals surface area contributed by atoms with Crippen molar-refractivity contribution in [2.45, 2.75) is 36.8 Å². The molecule has 0 bridgehead atoms. The summed E-state index contributed by atoms with van der Waals surface area (Å²) in [5, 5.41) is 7.94. The van der Waals surface area contributed by atoms with E-state index in [2.05, 4.69) is 5.32 Å². The molecule has 2 aliphatic heterocycles. The number of nitrogens with one attached hydrogen (secondary N) is 1. The number of halogens is 1. The molecule has 1 aromatic heterocycles. The minimum atomic E-state index is -1.01. The van der Waals surface area contributed by atoms with Crippen molar-refractivity contribution in [3.05, 3.63) is 87.1 Å². The lowest BCUT2D eigenvalue weighted by atomic mass is 9.73. The van der Waals surface area contributed by atoms with Gasteiger partial charge in [-0.15, -0.1) is 0 Å². The fraction of sp³-hybridized carbons (Fsp3) is 0.308. The van der Waals surface area contributed by atoms with Crippen LogP contribution in [-0.4, -0.2) is 35.3 Å². The Kier molecular flexibility index (Phi) is 6.71. The standard InChI is InChI=1S/C26H25ClN2O3S2/c27-22-7-2-1-6-21(22)24-23(30)15-26(29(33)25(24)31,18-10-13-34-16-18)17-4-3-5-20(14-17)28-19-8-11-32-12-9-19/h1-7,10,13-14,16,19,24,28,33H,8-9,11-12,15H2. The van der Waals surface area contributed by atoms with Crippen molar-refractivity contribution in [3.8, 4) is 0 Å². The van der Waals surface area contributed by atoms with Gasteiger partial charge in [0.2, 0.25) is 5.91 Å². The number of anilines is 1. The molecule has 0 radical (unpaired) electrons. The summed E-state index contributed by atoms with van der Waals surface area (Å²) >= 11 is 12.6. The number of Topliss-reactive ketones (excluding diaryl/α,β-unsaturated/α-hetero) is 1. The van der Waals surface area contributed by atoms with Crippen LogP contribution in [0.4, 0.5) is 5.69 Å². The molecular weight excluding hydrogens is 488 g/mol. The maximum atomic E-state index is 13.7. The number of ether oxygens (including phenoxy) is 1. The van der Waals surface area contributed by atoms with Crippen LogP contribution in [0.2, 0.25) is 5.02 Å². The van der Waals surface area contributed by atoms with Gasteiger partial charge in [0.1, 0.15) is 11.5 Å². The van der Waals surface area contributed by atoms with Crippen molar-refractivity contribution in [2.24, 2.45) is 0 Å². The fourth-order valence-corrected chi connectivity index (χ4v) is 6.34. The van der Waals surface area contributed by atoms with Crippen molar-refractivity contribution in [2.75, 3.05) is 18.5 Å². The normalized spacial score (nSPS) is 23.8. The second-order valence-electron chi connectivity index (χ2n) is 8.73. The number of hydrogen-bond acceptors (Lipinski definition) is 6. The van der Waals surface area contributed by atoms with Gasteiger partial charge in [-0.1, -0.05) is 54.7 Å². The highest BCUT2D eigenvalue weighted by molar-refractivity contribution is 7.78. The van der Waals surface area contributed by atoms with Gasteiger partial charge in [-0.05, 0) is 64.6 Å². The van der Waals surface area contributed by atoms with Gasteiger partial charge in [-0.2, -0.15) is 11.3 Å². The van der Waals surface area contributed by atoms with E-state index in [4.69, 9.17) is 29.2 Å². The lowest BCUT2D eigenvalue weighted by Gasteiger charge is -2.46. The first-order chi connectivity index (χ1) is 16.5. The Balaban J connectivity index is 1.55. The number of rotatable bonds is 5. The third kappa shape index (κ3) is 4.15. The van der Waals surface area contributed by atoms with Crippen molar-refractivity contribution in [1.29, 1.82) is 0 Å². The Morgan fingerprint density at radius 1 is 1.06 bits per heavy atom. The lowest BCUT2D eigenvalue weighted by molar-refractivity contribution is -0.142. The second kappa shape index (κ2) is 9.74. The van der Waals surface area contributed by atoms with Crippen LogP contribution in [0.15, 0.2) is 65.4 Å². The smallest absolute Gasteiger partial charge is 0.248 e. The third-order valence-electron chi connectivity index (χ3n) is 6.72. The van der Waals surface area contributed by atoms with Crippen LogP contribution in [-0.2, 0) is 19.9 Å². The van der Waals surface area contributed by atoms with E-state index in [1.807, 2.05) is 41.1 Å². The first-order valence-corrected chi connectivity index (χ1v) is 13.0. The van der Waals surface area contributed by atoms with E-state index >= 15 is 0 Å². The highest BCUT2D eigenvalue weighted by Crippen LogP contribution is 2.48. The molecule has 2 atom stereocenters. The van der Waals surface area contributed by atoms with Gasteiger partial charge in [0.05, 0.1) is 0 Å². The number of ketones is 1. The molecule has 2 saturated heterocycles. The molecule has 2 unspecified atom stereocenters. The number of carbonyl (C=O) groups excluding carboxylic acids is 2. The van der Waals surface area contributed by atoms with Gasteiger partial charge < -0.3 is 10.1 Å². The summed E-state index contributed by atoms with van der Waals surface area (Å²) in [6, 6.07) is 17.3. The minimum Gasteiger partial charge on any atom is -0.382 e. The topological polar surface area (TPSA) is 58.6 Å². The minimum absolute atomic E-state index is 0.107. The highest BCUT2D eigenvalue weighted by Gasteiger charge is 2.53. The van der Waals surface area contributed by atoms with E-state index in [1.54, 1.807) is 24.3 Å². The van der Waals surface area contributed by atoms with Crippen molar-refractivity contribution >= 4 is 53.1 Å². The zero-order chi connectivity index (χ0) is 23.7. The average Bonchev–Trinajstić information content (AvgIpc) is 3.39. The molecule has 3 heterocycles. The van der Waals surface area contributed by atoms with E-state index in [0.717, 1.165) is 42.9 Å². The molecule has 2 aliphatic rings. The summed E-state index contributed by atoms with van der Waals surface area (Å²) in [6.45, 7) is 1.49. The molecular formula is C26H25ClN2O3S2. The molecule has 5 rings (SSSR count). The molecule has 0 aliphatic carbocycles. The third-order valence-corrected chi connectivity index (χ3v) is 8.28. The number of piperidine rings is 1. The Hall–Kier alpha value is -2.32. The Morgan fingerprint density at radius 3 is 2.59 bits per heavy atom. The summed E-state index contributed by atoms with van der Waals surface area (Å²) < 4.78 is 6.92. The maximum absolute atomic E-state index is 13.7. The molecule has 2 aromatic carbocycles. The molecule has 2 fully saturated rings. The quantitative estimate of drug-likeness (QED) is 0.342. The van der Waals surface area contributed by atoms with Crippen molar-refractivity contribution in [1.82, 2.24) is 4.31 Å². The molecule has 0 saturated carbocycles. The molecule has 34 heavy (non-hydrogen) atoms. The van der Waals surface area contributed by atoms with E-state index in [1.165, 1.54) is 15.6 Å². The maximum Gasteiger partial charge on any atom is 0.248 e. The number of thiol groups is 1.